The number of halogens is 5. The average molecular weight is 546 g/mol. The highest BCUT2D eigenvalue weighted by molar-refractivity contribution is 6.32. The van der Waals surface area contributed by atoms with Crippen LogP contribution in [0.5, 0.6) is 0 Å². The number of fused-ring (bicyclic) bond motifs is 2. The Morgan fingerprint density at radius 3 is 2.08 bits per heavy atom. The molecule has 2 heterocycles. The molecule has 40 heavy (non-hydrogen) atoms. The first kappa shape index (κ1) is 25.5. The maximum atomic E-state index is 14.5. The number of nitrogens with zero attached hydrogens (tertiary/aromatic N) is 3. The number of para-hydroxylation sites is 1. The van der Waals surface area contributed by atoms with Gasteiger partial charge in [0.25, 0.3) is 5.91 Å². The van der Waals surface area contributed by atoms with E-state index in [1.807, 2.05) is 67.6 Å². The molecule has 0 saturated carbocycles. The minimum Gasteiger partial charge on any atom is -0.340 e. The van der Waals surface area contributed by atoms with E-state index in [9.17, 15) is 26.7 Å². The van der Waals surface area contributed by atoms with E-state index >= 15 is 0 Å². The van der Waals surface area contributed by atoms with E-state index < -0.39 is 40.7 Å². The highest BCUT2D eigenvalue weighted by atomic mass is 19.2. The maximum Gasteiger partial charge on any atom is 0.280 e. The number of carbonyl (C=O) groups is 1. The van der Waals surface area contributed by atoms with Crippen LogP contribution in [0.15, 0.2) is 77.4 Å². The fraction of sp³-hybridized carbons (Fsp3) is 0.0968. The third kappa shape index (κ3) is 3.80. The van der Waals surface area contributed by atoms with Gasteiger partial charge in [-0.05, 0) is 42.3 Å². The van der Waals surface area contributed by atoms with Crippen LogP contribution in [0, 0.1) is 36.0 Å². The molecule has 4 nitrogen and oxygen atoms in total. The third-order valence-electron chi connectivity index (χ3n) is 7.24. The Morgan fingerprint density at radius 2 is 1.35 bits per heavy atom. The molecule has 0 atom stereocenters. The lowest BCUT2D eigenvalue weighted by Gasteiger charge is -2.15. The minimum absolute atomic E-state index is 0.0277. The van der Waals surface area contributed by atoms with E-state index in [1.165, 1.54) is 6.92 Å². The molecule has 0 aliphatic carbocycles. The molecular weight excluding hydrogens is 525 g/mol. The highest BCUT2D eigenvalue weighted by Crippen LogP contribution is 2.36. The Morgan fingerprint density at radius 1 is 0.750 bits per heavy atom. The Kier molecular flexibility index (Phi) is 6.02. The van der Waals surface area contributed by atoms with Crippen LogP contribution in [0.3, 0.4) is 0 Å². The van der Waals surface area contributed by atoms with Crippen LogP contribution in [0.2, 0.25) is 0 Å². The summed E-state index contributed by atoms with van der Waals surface area (Å²) in [5, 5.41) is 7.12. The number of anilines is 1. The van der Waals surface area contributed by atoms with Crippen molar-refractivity contribution >= 4 is 45.1 Å². The number of benzene rings is 4. The fourth-order valence-electron chi connectivity index (χ4n) is 5.20. The van der Waals surface area contributed by atoms with Gasteiger partial charge in [0, 0.05) is 28.7 Å². The largest absolute Gasteiger partial charge is 0.340 e. The predicted molar refractivity (Wildman–Crippen MR) is 145 cm³/mol. The number of rotatable bonds is 4. The molecule has 5 aromatic rings. The Labute approximate surface area is 225 Å². The van der Waals surface area contributed by atoms with Crippen LogP contribution < -0.4 is 5.01 Å². The predicted octanol–water partition coefficient (Wildman–Crippen LogP) is 7.65. The van der Waals surface area contributed by atoms with Gasteiger partial charge in [-0.2, -0.15) is 10.1 Å². The Bertz CT molecular complexity index is 1900. The summed E-state index contributed by atoms with van der Waals surface area (Å²) in [4.78, 5) is 13.3. The summed E-state index contributed by atoms with van der Waals surface area (Å²) in [6.07, 6.45) is 1.55. The van der Waals surface area contributed by atoms with Crippen LogP contribution >= 0.6 is 0 Å². The van der Waals surface area contributed by atoms with Crippen LogP contribution in [0.4, 0.5) is 27.6 Å². The topological polar surface area (TPSA) is 37.6 Å². The number of hydrazone groups is 1. The first-order valence-corrected chi connectivity index (χ1v) is 12.4. The molecular formula is C31H20F5N3O. The number of hydrogen-bond acceptors (Lipinski definition) is 2. The van der Waals surface area contributed by atoms with Crippen molar-refractivity contribution in [2.45, 2.75) is 20.4 Å². The van der Waals surface area contributed by atoms with E-state index in [1.54, 1.807) is 6.08 Å². The van der Waals surface area contributed by atoms with Gasteiger partial charge in [-0.1, -0.05) is 60.7 Å². The molecule has 200 valence electrons. The molecule has 9 heteroatoms. The average Bonchev–Trinajstić information content (AvgIpc) is 3.39. The molecule has 1 aliphatic rings. The van der Waals surface area contributed by atoms with Gasteiger partial charge >= 0.3 is 0 Å². The number of amides is 1. The second-order valence-electron chi connectivity index (χ2n) is 9.52. The van der Waals surface area contributed by atoms with E-state index in [-0.39, 0.29) is 16.3 Å². The van der Waals surface area contributed by atoms with Crippen molar-refractivity contribution in [3.63, 3.8) is 0 Å². The SMILES string of the molecule is CC1=NN(c2c(F)c(F)c(F)c(F)c2F)C(=O)/C1=C\c1c(C)n(Cc2cccc3ccccc23)c2ccccc12. The van der Waals surface area contributed by atoms with Gasteiger partial charge in [0.1, 0.15) is 5.69 Å². The lowest BCUT2D eigenvalue weighted by molar-refractivity contribution is -0.114. The quantitative estimate of drug-likeness (QED) is 0.0989. The summed E-state index contributed by atoms with van der Waals surface area (Å²) in [6, 6.07) is 21.7. The molecule has 1 aromatic heterocycles. The van der Waals surface area contributed by atoms with E-state index in [2.05, 4.69) is 15.7 Å². The van der Waals surface area contributed by atoms with Crippen LogP contribution in [0.25, 0.3) is 27.8 Å². The van der Waals surface area contributed by atoms with Gasteiger partial charge in [0.2, 0.25) is 5.82 Å². The van der Waals surface area contributed by atoms with Gasteiger partial charge in [-0.25, -0.2) is 22.0 Å². The van der Waals surface area contributed by atoms with Crippen molar-refractivity contribution < 1.29 is 26.7 Å². The smallest absolute Gasteiger partial charge is 0.280 e. The minimum atomic E-state index is -2.31. The van der Waals surface area contributed by atoms with E-state index in [4.69, 9.17) is 0 Å². The highest BCUT2D eigenvalue weighted by Gasteiger charge is 2.37. The summed E-state index contributed by atoms with van der Waals surface area (Å²) in [5.41, 5.74) is 2.10. The maximum absolute atomic E-state index is 14.5. The van der Waals surface area contributed by atoms with Gasteiger partial charge in [-0.15, -0.1) is 0 Å². The molecule has 1 amide bonds. The van der Waals surface area contributed by atoms with Crippen LogP contribution in [0.1, 0.15) is 23.7 Å². The molecule has 0 spiro atoms. The summed E-state index contributed by atoms with van der Waals surface area (Å²) in [5.74, 6) is -11.9. The summed E-state index contributed by atoms with van der Waals surface area (Å²) in [6.45, 7) is 3.86. The summed E-state index contributed by atoms with van der Waals surface area (Å²) < 4.78 is 72.4. The molecule has 6 rings (SSSR count). The Hall–Kier alpha value is -4.79. The Balaban J connectivity index is 1.46. The zero-order valence-corrected chi connectivity index (χ0v) is 21.3. The standard InChI is InChI=1S/C31H20F5N3O/c1-16-22(31(40)39(37-16)30-28(35)26(33)25(32)27(34)29(30)36)14-23-17(2)38(24-13-6-5-12-21(23)24)15-19-10-7-9-18-8-3-4-11-20(18)19/h3-14H,15H2,1-2H3/b22-14-. The molecule has 0 bridgehead atoms. The molecule has 0 saturated heterocycles. The lowest BCUT2D eigenvalue weighted by Crippen LogP contribution is -2.25. The van der Waals surface area contributed by atoms with Crippen molar-refractivity contribution in [1.29, 1.82) is 0 Å². The molecule has 4 aromatic carbocycles. The summed E-state index contributed by atoms with van der Waals surface area (Å²) >= 11 is 0. The lowest BCUT2D eigenvalue weighted by atomic mass is 10.0. The van der Waals surface area contributed by atoms with Gasteiger partial charge in [-0.3, -0.25) is 4.79 Å². The molecule has 0 radical (unpaired) electrons. The van der Waals surface area contributed by atoms with E-state index in [0.717, 1.165) is 32.9 Å². The van der Waals surface area contributed by atoms with Crippen molar-refractivity contribution in [1.82, 2.24) is 4.57 Å². The van der Waals surface area contributed by atoms with Gasteiger partial charge in [0.05, 0.1) is 11.3 Å². The monoisotopic (exact) mass is 545 g/mol. The normalized spacial score (nSPS) is 14.7. The first-order valence-electron chi connectivity index (χ1n) is 12.4. The second-order valence-corrected chi connectivity index (χ2v) is 9.52. The van der Waals surface area contributed by atoms with Gasteiger partial charge < -0.3 is 4.57 Å². The first-order chi connectivity index (χ1) is 19.2. The van der Waals surface area contributed by atoms with Crippen molar-refractivity contribution in [2.24, 2.45) is 5.10 Å². The summed E-state index contributed by atoms with van der Waals surface area (Å²) in [7, 11) is 0. The zero-order valence-electron chi connectivity index (χ0n) is 21.3. The number of carbonyl (C=O) groups excluding carboxylic acids is 1. The molecule has 1 aliphatic heterocycles. The number of aromatic nitrogens is 1. The van der Waals surface area contributed by atoms with Crippen LogP contribution in [-0.2, 0) is 11.3 Å². The van der Waals surface area contributed by atoms with Gasteiger partial charge in [0.15, 0.2) is 23.3 Å². The van der Waals surface area contributed by atoms with Crippen molar-refractivity contribution in [2.75, 3.05) is 5.01 Å². The third-order valence-corrected chi connectivity index (χ3v) is 7.24. The second kappa shape index (κ2) is 9.44. The molecule has 0 fully saturated rings. The molecule has 0 N–H and O–H groups in total. The van der Waals surface area contributed by atoms with Crippen molar-refractivity contribution in [3.8, 4) is 0 Å². The fourth-order valence-corrected chi connectivity index (χ4v) is 5.20. The van der Waals surface area contributed by atoms with Crippen LogP contribution in [-0.4, -0.2) is 16.2 Å². The number of hydrogen-bond donors (Lipinski definition) is 0. The zero-order chi connectivity index (χ0) is 28.3. The van der Waals surface area contributed by atoms with E-state index in [0.29, 0.717) is 12.1 Å². The van der Waals surface area contributed by atoms with Crippen molar-refractivity contribution in [3.05, 3.63) is 118 Å². The molecule has 0 unspecified atom stereocenters.